The average Bonchev–Trinajstić information content (AvgIpc) is 2.77. The number of halogens is 2. The highest BCUT2D eigenvalue weighted by molar-refractivity contribution is 6.33. The van der Waals surface area contributed by atoms with Gasteiger partial charge in [0.2, 0.25) is 0 Å². The van der Waals surface area contributed by atoms with Crippen molar-refractivity contribution in [2.45, 2.75) is 0 Å². The standard InChI is InChI=1S/C16H13ClFN3/c1-21-15(19)14(12-8-7-11(18)9-13(12)17)20-16(21)10-5-3-2-4-6-10/h2-9H,19H2,1H3. The van der Waals surface area contributed by atoms with Crippen LogP contribution in [0.4, 0.5) is 10.2 Å². The molecular weight excluding hydrogens is 289 g/mol. The second-order valence-corrected chi connectivity index (χ2v) is 5.13. The second-order valence-electron chi connectivity index (χ2n) is 4.72. The van der Waals surface area contributed by atoms with Gasteiger partial charge in [-0.05, 0) is 18.2 Å². The lowest BCUT2D eigenvalue weighted by Gasteiger charge is -2.03. The maximum atomic E-state index is 13.2. The molecule has 0 saturated carbocycles. The summed E-state index contributed by atoms with van der Waals surface area (Å²) in [6.07, 6.45) is 0. The van der Waals surface area contributed by atoms with Crippen LogP contribution in [0, 0.1) is 5.82 Å². The van der Waals surface area contributed by atoms with Crippen LogP contribution in [0.2, 0.25) is 5.02 Å². The second kappa shape index (κ2) is 5.22. The van der Waals surface area contributed by atoms with E-state index >= 15 is 0 Å². The van der Waals surface area contributed by atoms with Crippen molar-refractivity contribution in [2.24, 2.45) is 7.05 Å². The van der Waals surface area contributed by atoms with Gasteiger partial charge in [0.15, 0.2) is 0 Å². The predicted molar refractivity (Wildman–Crippen MR) is 83.5 cm³/mol. The highest BCUT2D eigenvalue weighted by atomic mass is 35.5. The van der Waals surface area contributed by atoms with Crippen LogP contribution in [0.5, 0.6) is 0 Å². The lowest BCUT2D eigenvalue weighted by Crippen LogP contribution is -1.98. The van der Waals surface area contributed by atoms with Gasteiger partial charge in [-0.1, -0.05) is 41.9 Å². The van der Waals surface area contributed by atoms with E-state index in [1.807, 2.05) is 37.4 Å². The molecule has 3 rings (SSSR count). The van der Waals surface area contributed by atoms with Gasteiger partial charge in [0.25, 0.3) is 0 Å². The summed E-state index contributed by atoms with van der Waals surface area (Å²) < 4.78 is 15.0. The van der Waals surface area contributed by atoms with Crippen LogP contribution in [0.1, 0.15) is 0 Å². The lowest BCUT2D eigenvalue weighted by atomic mass is 10.1. The molecule has 21 heavy (non-hydrogen) atoms. The summed E-state index contributed by atoms with van der Waals surface area (Å²) >= 11 is 6.10. The molecule has 0 unspecified atom stereocenters. The molecule has 0 fully saturated rings. The van der Waals surface area contributed by atoms with Gasteiger partial charge in [-0.2, -0.15) is 0 Å². The Labute approximate surface area is 126 Å². The Hall–Kier alpha value is -2.33. The number of aromatic nitrogens is 2. The van der Waals surface area contributed by atoms with Crippen molar-refractivity contribution in [1.82, 2.24) is 9.55 Å². The van der Waals surface area contributed by atoms with Gasteiger partial charge >= 0.3 is 0 Å². The van der Waals surface area contributed by atoms with Gasteiger partial charge in [-0.25, -0.2) is 9.37 Å². The molecule has 0 amide bonds. The minimum Gasteiger partial charge on any atom is -0.383 e. The van der Waals surface area contributed by atoms with E-state index in [9.17, 15) is 4.39 Å². The average molecular weight is 302 g/mol. The van der Waals surface area contributed by atoms with Crippen LogP contribution in [-0.2, 0) is 7.05 Å². The molecule has 1 heterocycles. The molecule has 0 aliphatic heterocycles. The smallest absolute Gasteiger partial charge is 0.142 e. The Morgan fingerprint density at radius 1 is 1.14 bits per heavy atom. The third-order valence-corrected chi connectivity index (χ3v) is 3.67. The summed E-state index contributed by atoms with van der Waals surface area (Å²) in [7, 11) is 1.84. The number of hydrogen-bond acceptors (Lipinski definition) is 2. The molecule has 106 valence electrons. The molecule has 0 bridgehead atoms. The van der Waals surface area contributed by atoms with Crippen molar-refractivity contribution < 1.29 is 4.39 Å². The first-order valence-corrected chi connectivity index (χ1v) is 6.78. The molecule has 0 aliphatic carbocycles. The first-order valence-electron chi connectivity index (χ1n) is 6.41. The van der Waals surface area contributed by atoms with Gasteiger partial charge in [-0.3, -0.25) is 0 Å². The molecule has 1 aromatic heterocycles. The van der Waals surface area contributed by atoms with Crippen LogP contribution in [0.3, 0.4) is 0 Å². The number of benzene rings is 2. The molecule has 0 spiro atoms. The number of hydrogen-bond donors (Lipinski definition) is 1. The van der Waals surface area contributed by atoms with Crippen molar-refractivity contribution in [3.63, 3.8) is 0 Å². The lowest BCUT2D eigenvalue weighted by molar-refractivity contribution is 0.628. The summed E-state index contributed by atoms with van der Waals surface area (Å²) in [5.74, 6) is 0.840. The molecular formula is C16H13ClFN3. The highest BCUT2D eigenvalue weighted by Gasteiger charge is 2.17. The van der Waals surface area contributed by atoms with Crippen LogP contribution < -0.4 is 5.73 Å². The molecule has 5 heteroatoms. The van der Waals surface area contributed by atoms with E-state index in [1.165, 1.54) is 12.1 Å². The fraction of sp³-hybridized carbons (Fsp3) is 0.0625. The van der Waals surface area contributed by atoms with Crippen molar-refractivity contribution in [1.29, 1.82) is 0 Å². The monoisotopic (exact) mass is 301 g/mol. The zero-order chi connectivity index (χ0) is 15.0. The van der Waals surface area contributed by atoms with E-state index in [1.54, 1.807) is 10.6 Å². The summed E-state index contributed by atoms with van der Waals surface area (Å²) in [5, 5.41) is 0.291. The Morgan fingerprint density at radius 2 is 1.86 bits per heavy atom. The molecule has 0 aliphatic rings. The molecule has 3 nitrogen and oxygen atoms in total. The largest absolute Gasteiger partial charge is 0.383 e. The summed E-state index contributed by atoms with van der Waals surface area (Å²) in [4.78, 5) is 4.57. The van der Waals surface area contributed by atoms with E-state index in [2.05, 4.69) is 4.98 Å². The van der Waals surface area contributed by atoms with Gasteiger partial charge in [-0.15, -0.1) is 0 Å². The summed E-state index contributed by atoms with van der Waals surface area (Å²) in [6.45, 7) is 0. The van der Waals surface area contributed by atoms with E-state index in [-0.39, 0.29) is 5.82 Å². The maximum Gasteiger partial charge on any atom is 0.142 e. The zero-order valence-corrected chi connectivity index (χ0v) is 12.1. The van der Waals surface area contributed by atoms with Gasteiger partial charge < -0.3 is 10.3 Å². The van der Waals surface area contributed by atoms with E-state index in [0.717, 1.165) is 11.4 Å². The van der Waals surface area contributed by atoms with Crippen LogP contribution in [0.25, 0.3) is 22.6 Å². The number of imidazole rings is 1. The predicted octanol–water partition coefficient (Wildman–Crippen LogP) is 4.13. The van der Waals surface area contributed by atoms with E-state index in [0.29, 0.717) is 22.1 Å². The van der Waals surface area contributed by atoms with Gasteiger partial charge in [0.05, 0.1) is 5.02 Å². The highest BCUT2D eigenvalue weighted by Crippen LogP contribution is 2.34. The van der Waals surface area contributed by atoms with E-state index < -0.39 is 0 Å². The fourth-order valence-electron chi connectivity index (χ4n) is 2.24. The van der Waals surface area contributed by atoms with Crippen molar-refractivity contribution in [2.75, 3.05) is 5.73 Å². The minimum absolute atomic E-state index is 0.291. The number of anilines is 1. The maximum absolute atomic E-state index is 13.2. The third kappa shape index (κ3) is 2.38. The van der Waals surface area contributed by atoms with Crippen LogP contribution in [0.15, 0.2) is 48.5 Å². The molecule has 0 atom stereocenters. The fourth-order valence-corrected chi connectivity index (χ4v) is 2.49. The molecule has 2 aromatic carbocycles. The molecule has 0 saturated heterocycles. The summed E-state index contributed by atoms with van der Waals surface area (Å²) in [5.41, 5.74) is 8.26. The van der Waals surface area contributed by atoms with E-state index in [4.69, 9.17) is 17.3 Å². The van der Waals surface area contributed by atoms with Crippen molar-refractivity contribution in [3.05, 3.63) is 59.4 Å². The molecule has 3 aromatic rings. The van der Waals surface area contributed by atoms with Crippen molar-refractivity contribution in [3.8, 4) is 22.6 Å². The van der Waals surface area contributed by atoms with Gasteiger partial charge in [0, 0.05) is 18.2 Å². The number of nitrogen functional groups attached to an aromatic ring is 1. The number of nitrogens with zero attached hydrogens (tertiary/aromatic N) is 2. The number of nitrogens with two attached hydrogens (primary N) is 1. The Morgan fingerprint density at radius 3 is 2.52 bits per heavy atom. The Kier molecular flexibility index (Phi) is 3.39. The quantitative estimate of drug-likeness (QED) is 0.773. The SMILES string of the molecule is Cn1c(-c2ccccc2)nc(-c2ccc(F)cc2Cl)c1N. The first-order chi connectivity index (χ1) is 10.1. The van der Waals surface area contributed by atoms with Gasteiger partial charge in [0.1, 0.15) is 23.2 Å². The zero-order valence-electron chi connectivity index (χ0n) is 11.3. The van der Waals surface area contributed by atoms with Crippen LogP contribution >= 0.6 is 11.6 Å². The summed E-state index contributed by atoms with van der Waals surface area (Å²) in [6, 6.07) is 13.9. The molecule has 0 radical (unpaired) electrons. The first kappa shape index (κ1) is 13.6. The topological polar surface area (TPSA) is 43.8 Å². The minimum atomic E-state index is -0.387. The third-order valence-electron chi connectivity index (χ3n) is 3.36. The Bertz CT molecular complexity index is 797. The molecule has 2 N–H and O–H groups in total. The van der Waals surface area contributed by atoms with Crippen LogP contribution in [-0.4, -0.2) is 9.55 Å². The van der Waals surface area contributed by atoms with Crippen molar-refractivity contribution >= 4 is 17.4 Å². The Balaban J connectivity index is 2.17. The number of rotatable bonds is 2. The normalized spacial score (nSPS) is 10.8.